The first-order valence-corrected chi connectivity index (χ1v) is 15.8. The van der Waals surface area contributed by atoms with E-state index in [9.17, 15) is 0 Å². The van der Waals surface area contributed by atoms with Gasteiger partial charge in [0.25, 0.3) is 0 Å². The highest BCUT2D eigenvalue weighted by atomic mass is 15.0. The molecule has 0 N–H and O–H groups in total. The molecule has 0 fully saturated rings. The predicted molar refractivity (Wildman–Crippen MR) is 192 cm³/mol. The fraction of sp³-hybridized carbons (Fsp3) is 0. The summed E-state index contributed by atoms with van der Waals surface area (Å²) in [5.74, 6) is 0. The average molecular weight is 601 g/mol. The van der Waals surface area contributed by atoms with Crippen LogP contribution in [-0.2, 0) is 0 Å². The van der Waals surface area contributed by atoms with Crippen LogP contribution in [0.2, 0.25) is 0 Å². The number of hydrogen-bond donors (Lipinski definition) is 0. The number of benzene rings is 5. The fourth-order valence-electron chi connectivity index (χ4n) is 7.95. The normalized spacial score (nSPS) is 12.3. The largest absolute Gasteiger partial charge is 0.309 e. The zero-order valence-electron chi connectivity index (χ0n) is 25.0. The van der Waals surface area contributed by atoms with Gasteiger partial charge in [-0.1, -0.05) is 60.7 Å². The molecule has 0 saturated carbocycles. The van der Waals surface area contributed by atoms with Gasteiger partial charge < -0.3 is 9.13 Å². The van der Waals surface area contributed by atoms with E-state index in [4.69, 9.17) is 4.98 Å². The summed E-state index contributed by atoms with van der Waals surface area (Å²) in [5.41, 5.74) is 10.8. The van der Waals surface area contributed by atoms with Crippen molar-refractivity contribution in [3.8, 4) is 11.4 Å². The lowest BCUT2D eigenvalue weighted by molar-refractivity contribution is 1.17. The van der Waals surface area contributed by atoms with E-state index in [-0.39, 0.29) is 0 Å². The van der Waals surface area contributed by atoms with Crippen LogP contribution in [0.3, 0.4) is 0 Å². The van der Waals surface area contributed by atoms with Gasteiger partial charge in [0.15, 0.2) is 0 Å². The van der Waals surface area contributed by atoms with Crippen LogP contribution in [0.25, 0.3) is 93.3 Å². The summed E-state index contributed by atoms with van der Waals surface area (Å²) in [5, 5.41) is 8.31. The van der Waals surface area contributed by atoms with Crippen molar-refractivity contribution in [2.24, 2.45) is 0 Å². The van der Waals surface area contributed by atoms with Gasteiger partial charge in [0.05, 0.1) is 45.5 Å². The Bertz CT molecular complexity index is 3060. The van der Waals surface area contributed by atoms with Gasteiger partial charge in [0.2, 0.25) is 0 Å². The van der Waals surface area contributed by atoms with Crippen LogP contribution < -0.4 is 0 Å². The summed E-state index contributed by atoms with van der Waals surface area (Å²) in [7, 11) is 0. The Morgan fingerprint density at radius 1 is 0.404 bits per heavy atom. The predicted octanol–water partition coefficient (Wildman–Crippen LogP) is 9.78. The van der Waals surface area contributed by atoms with E-state index >= 15 is 0 Å². The maximum absolute atomic E-state index is 5.14. The molecule has 6 nitrogen and oxygen atoms in total. The number of rotatable bonds is 2. The van der Waals surface area contributed by atoms with Crippen LogP contribution in [0.15, 0.2) is 146 Å². The summed E-state index contributed by atoms with van der Waals surface area (Å²) in [6.07, 6.45) is 7.53. The highest BCUT2D eigenvalue weighted by Gasteiger charge is 2.24. The third-order valence-electron chi connectivity index (χ3n) is 9.77. The first-order valence-electron chi connectivity index (χ1n) is 15.8. The van der Waals surface area contributed by atoms with Crippen molar-refractivity contribution >= 4 is 82.0 Å². The molecule has 0 saturated heterocycles. The van der Waals surface area contributed by atoms with Crippen molar-refractivity contribution in [2.75, 3.05) is 0 Å². The lowest BCUT2D eigenvalue weighted by atomic mass is 10.00. The van der Waals surface area contributed by atoms with Gasteiger partial charge in [0.1, 0.15) is 11.2 Å². The second kappa shape index (κ2) is 9.02. The molecule has 0 spiro atoms. The van der Waals surface area contributed by atoms with Crippen LogP contribution in [0.1, 0.15) is 0 Å². The Kier molecular flexibility index (Phi) is 4.75. The molecule has 47 heavy (non-hydrogen) atoms. The quantitative estimate of drug-likeness (QED) is 0.186. The topological polar surface area (TPSA) is 52.9 Å². The zero-order valence-corrected chi connectivity index (χ0v) is 25.0. The molecule has 0 atom stereocenters. The van der Waals surface area contributed by atoms with Crippen LogP contribution in [0.5, 0.6) is 0 Å². The van der Waals surface area contributed by atoms with Gasteiger partial charge in [0, 0.05) is 61.5 Å². The van der Waals surface area contributed by atoms with E-state index in [0.717, 1.165) is 49.9 Å². The molecule has 6 aromatic heterocycles. The Hall–Kier alpha value is -6.53. The fourth-order valence-corrected chi connectivity index (χ4v) is 7.95. The molecule has 0 aliphatic carbocycles. The van der Waals surface area contributed by atoms with Crippen molar-refractivity contribution in [3.05, 3.63) is 146 Å². The molecule has 0 aliphatic heterocycles. The zero-order chi connectivity index (χ0) is 30.6. The van der Waals surface area contributed by atoms with Crippen LogP contribution >= 0.6 is 0 Å². The molecule has 11 aromatic rings. The summed E-state index contributed by atoms with van der Waals surface area (Å²) >= 11 is 0. The van der Waals surface area contributed by atoms with Gasteiger partial charge in [-0.3, -0.25) is 14.4 Å². The molecule has 0 amide bonds. The molecule has 218 valence electrons. The number of imidazole rings is 1. The van der Waals surface area contributed by atoms with Gasteiger partial charge >= 0.3 is 0 Å². The molecule has 0 unspecified atom stereocenters. The molecule has 0 bridgehead atoms. The lowest BCUT2D eigenvalue weighted by Crippen LogP contribution is -1.95. The number of pyridine rings is 3. The smallest absolute Gasteiger partial charge is 0.146 e. The molecule has 0 aliphatic rings. The summed E-state index contributed by atoms with van der Waals surface area (Å²) in [6, 6.07) is 43.5. The van der Waals surface area contributed by atoms with Crippen molar-refractivity contribution < 1.29 is 0 Å². The molecule has 11 rings (SSSR count). The molecule has 6 heterocycles. The maximum atomic E-state index is 5.14. The number of para-hydroxylation sites is 3. The SMILES string of the molecule is c1ccc(-n2c3ccccc3c3c2ccc2c4c5c6ccncc6n6c7ccncc7nc6c5ccc4n(-c4ccccc4)c23)cc1. The third kappa shape index (κ3) is 3.16. The van der Waals surface area contributed by atoms with Crippen LogP contribution in [0, 0.1) is 0 Å². The van der Waals surface area contributed by atoms with Crippen LogP contribution in [0.4, 0.5) is 0 Å². The van der Waals surface area contributed by atoms with Crippen molar-refractivity contribution in [1.82, 2.24) is 28.5 Å². The minimum absolute atomic E-state index is 0.868. The minimum atomic E-state index is 0.868. The van der Waals surface area contributed by atoms with Gasteiger partial charge in [-0.15, -0.1) is 0 Å². The second-order valence-electron chi connectivity index (χ2n) is 12.1. The van der Waals surface area contributed by atoms with Gasteiger partial charge in [-0.2, -0.15) is 0 Å². The van der Waals surface area contributed by atoms with Gasteiger partial charge in [-0.05, 0) is 60.7 Å². The molecule has 5 aromatic carbocycles. The standard InChI is InChI=1S/C41H24N6/c1-3-9-25(10-4-1)45-32-14-8-7-13-27(32)39-35(45)17-15-29-38-34(46(40(29)39)26-11-5-2-6-12-26)18-16-30-37(38)28-19-21-43-24-36(28)47-33-20-22-42-23-31(33)44-41(30)47/h1-24H. The van der Waals surface area contributed by atoms with Crippen molar-refractivity contribution in [2.45, 2.75) is 0 Å². The van der Waals surface area contributed by atoms with Gasteiger partial charge in [-0.25, -0.2) is 4.98 Å². The van der Waals surface area contributed by atoms with E-state index in [1.54, 1.807) is 0 Å². The summed E-state index contributed by atoms with van der Waals surface area (Å²) in [4.78, 5) is 14.1. The van der Waals surface area contributed by atoms with Crippen molar-refractivity contribution in [3.63, 3.8) is 0 Å². The molecule has 0 radical (unpaired) electrons. The number of hydrogen-bond acceptors (Lipinski definition) is 3. The highest BCUT2D eigenvalue weighted by molar-refractivity contribution is 6.34. The first-order chi connectivity index (χ1) is 23.4. The lowest BCUT2D eigenvalue weighted by Gasteiger charge is -2.11. The van der Waals surface area contributed by atoms with E-state index in [2.05, 4.69) is 139 Å². The van der Waals surface area contributed by atoms with E-state index < -0.39 is 0 Å². The third-order valence-corrected chi connectivity index (χ3v) is 9.77. The van der Waals surface area contributed by atoms with Crippen LogP contribution in [-0.4, -0.2) is 28.5 Å². The van der Waals surface area contributed by atoms with E-state index in [0.29, 0.717) is 0 Å². The maximum Gasteiger partial charge on any atom is 0.146 e. The van der Waals surface area contributed by atoms with Crippen molar-refractivity contribution in [1.29, 1.82) is 0 Å². The molecular weight excluding hydrogens is 576 g/mol. The monoisotopic (exact) mass is 600 g/mol. The summed E-state index contributed by atoms with van der Waals surface area (Å²) < 4.78 is 7.08. The Balaban J connectivity index is 1.43. The average Bonchev–Trinajstić information content (AvgIpc) is 3.80. The first kappa shape index (κ1) is 24.8. The number of nitrogens with zero attached hydrogens (tertiary/aromatic N) is 6. The Labute approximate surface area is 267 Å². The van der Waals surface area contributed by atoms with E-state index in [1.807, 2.05) is 30.9 Å². The Morgan fingerprint density at radius 3 is 1.89 bits per heavy atom. The summed E-state index contributed by atoms with van der Waals surface area (Å²) in [6.45, 7) is 0. The number of aromatic nitrogens is 6. The Morgan fingerprint density at radius 2 is 1.06 bits per heavy atom. The highest BCUT2D eigenvalue weighted by Crippen LogP contribution is 2.46. The number of fused-ring (bicyclic) bond motifs is 16. The second-order valence-corrected chi connectivity index (χ2v) is 12.1. The molecule has 6 heteroatoms. The van der Waals surface area contributed by atoms with E-state index in [1.165, 1.54) is 43.5 Å². The molecular formula is C41H24N6. The minimum Gasteiger partial charge on any atom is -0.309 e.